The van der Waals surface area contributed by atoms with Crippen molar-refractivity contribution in [2.45, 2.75) is 66.7 Å². The second kappa shape index (κ2) is 4.25. The summed E-state index contributed by atoms with van der Waals surface area (Å²) in [5, 5.41) is 0. The maximum atomic E-state index is 12.4. The first-order chi connectivity index (χ1) is 8.48. The van der Waals surface area contributed by atoms with Gasteiger partial charge < -0.3 is 4.74 Å². The van der Waals surface area contributed by atoms with Crippen LogP contribution in [0.5, 0.6) is 0 Å². The minimum absolute atomic E-state index is 0.0623. The summed E-state index contributed by atoms with van der Waals surface area (Å²) >= 11 is 0. The molecule has 1 spiro atoms. The first-order valence-corrected chi connectivity index (χ1v) is 7.65. The molecule has 0 amide bonds. The zero-order chi connectivity index (χ0) is 13.6. The Balaban J connectivity index is 2.26. The quantitative estimate of drug-likeness (QED) is 0.663. The van der Waals surface area contributed by atoms with Gasteiger partial charge in [-0.25, -0.2) is 0 Å². The van der Waals surface area contributed by atoms with Gasteiger partial charge in [0.15, 0.2) is 0 Å². The van der Waals surface area contributed by atoms with E-state index in [9.17, 15) is 4.79 Å². The fraction of sp³-hybridized carbons (Fsp3) is 0.938. The van der Waals surface area contributed by atoms with Crippen LogP contribution in [0.2, 0.25) is 0 Å². The summed E-state index contributed by atoms with van der Waals surface area (Å²) in [7, 11) is 0. The molecular formula is C16H28O2. The Morgan fingerprint density at radius 3 is 2.33 bits per heavy atom. The van der Waals surface area contributed by atoms with E-state index in [1.165, 1.54) is 25.7 Å². The van der Waals surface area contributed by atoms with Crippen LogP contribution in [-0.2, 0) is 9.53 Å². The van der Waals surface area contributed by atoms with Crippen molar-refractivity contribution in [3.8, 4) is 0 Å². The molecule has 104 valence electrons. The lowest BCUT2D eigenvalue weighted by Crippen LogP contribution is -2.23. The Morgan fingerprint density at radius 1 is 1.33 bits per heavy atom. The third-order valence-corrected chi connectivity index (χ3v) is 6.19. The summed E-state index contributed by atoms with van der Waals surface area (Å²) in [5.74, 6) is 0.760. The van der Waals surface area contributed by atoms with Gasteiger partial charge in [0, 0.05) is 0 Å². The number of esters is 1. The molecule has 2 aliphatic carbocycles. The van der Waals surface area contributed by atoms with Gasteiger partial charge in [-0.2, -0.15) is 0 Å². The predicted octanol–water partition coefficient (Wildman–Crippen LogP) is 4.18. The zero-order valence-corrected chi connectivity index (χ0v) is 12.6. The van der Waals surface area contributed by atoms with E-state index < -0.39 is 0 Å². The monoisotopic (exact) mass is 252 g/mol. The highest BCUT2D eigenvalue weighted by Crippen LogP contribution is 2.94. The Hall–Kier alpha value is -0.530. The van der Waals surface area contributed by atoms with E-state index in [-0.39, 0.29) is 22.2 Å². The molecule has 0 aromatic rings. The molecule has 2 aliphatic rings. The number of ether oxygens (including phenoxy) is 1. The molecule has 2 rings (SSSR count). The first-order valence-electron chi connectivity index (χ1n) is 7.65. The Kier molecular flexibility index (Phi) is 3.28. The van der Waals surface area contributed by atoms with Crippen molar-refractivity contribution in [3.63, 3.8) is 0 Å². The summed E-state index contributed by atoms with van der Waals surface area (Å²) in [4.78, 5) is 12.4. The topological polar surface area (TPSA) is 26.3 Å². The molecule has 0 bridgehead atoms. The van der Waals surface area contributed by atoms with Gasteiger partial charge in [0.05, 0.1) is 12.0 Å². The van der Waals surface area contributed by atoms with Gasteiger partial charge in [-0.15, -0.1) is 0 Å². The van der Waals surface area contributed by atoms with Crippen molar-refractivity contribution in [3.05, 3.63) is 0 Å². The molecule has 0 radical (unpaired) electrons. The maximum absolute atomic E-state index is 12.4. The van der Waals surface area contributed by atoms with Crippen LogP contribution in [0.1, 0.15) is 66.7 Å². The molecular weight excluding hydrogens is 224 g/mol. The van der Waals surface area contributed by atoms with Gasteiger partial charge in [0.2, 0.25) is 0 Å². The molecule has 2 heteroatoms. The van der Waals surface area contributed by atoms with E-state index in [1.807, 2.05) is 6.92 Å². The molecule has 2 saturated carbocycles. The van der Waals surface area contributed by atoms with Crippen molar-refractivity contribution in [1.29, 1.82) is 0 Å². The fourth-order valence-corrected chi connectivity index (χ4v) is 5.23. The highest BCUT2D eigenvalue weighted by Gasteiger charge is 2.93. The van der Waals surface area contributed by atoms with Gasteiger partial charge in [0.1, 0.15) is 0 Å². The van der Waals surface area contributed by atoms with E-state index in [2.05, 4.69) is 27.7 Å². The lowest BCUT2D eigenvalue weighted by Gasteiger charge is -2.19. The normalized spacial score (nSPS) is 45.1. The van der Waals surface area contributed by atoms with Crippen LogP contribution in [-0.4, -0.2) is 12.6 Å². The van der Waals surface area contributed by atoms with Crippen LogP contribution in [0.15, 0.2) is 0 Å². The minimum Gasteiger partial charge on any atom is -0.466 e. The van der Waals surface area contributed by atoms with Crippen LogP contribution < -0.4 is 0 Å². The molecule has 2 fully saturated rings. The molecule has 0 aromatic carbocycles. The highest BCUT2D eigenvalue weighted by atomic mass is 16.5. The van der Waals surface area contributed by atoms with Crippen molar-refractivity contribution in [2.24, 2.45) is 22.2 Å². The second-order valence-electron chi connectivity index (χ2n) is 6.46. The van der Waals surface area contributed by atoms with E-state index >= 15 is 0 Å². The van der Waals surface area contributed by atoms with E-state index in [0.29, 0.717) is 12.5 Å². The molecule has 1 unspecified atom stereocenters. The van der Waals surface area contributed by atoms with Gasteiger partial charge in [-0.1, -0.05) is 33.6 Å². The number of unbranched alkanes of at least 4 members (excludes halogenated alkanes) is 1. The lowest BCUT2D eigenvalue weighted by atomic mass is 9.86. The summed E-state index contributed by atoms with van der Waals surface area (Å²) in [6, 6.07) is 0. The number of carbonyl (C=O) groups is 1. The SMILES string of the molecule is CCCCC1(CC)[C@@]2(C[C@@H]2C)[C@]1(C)C(=O)OCC. The number of carbonyl (C=O) groups excluding carboxylic acids is 1. The average molecular weight is 252 g/mol. The maximum Gasteiger partial charge on any atom is 0.312 e. The summed E-state index contributed by atoms with van der Waals surface area (Å²) < 4.78 is 5.39. The average Bonchev–Trinajstić information content (AvgIpc) is 3.15. The van der Waals surface area contributed by atoms with Gasteiger partial charge >= 0.3 is 5.97 Å². The minimum atomic E-state index is -0.209. The standard InChI is InChI=1S/C16H28O2/c1-6-9-10-15(7-2)14(5,13(17)18-8-3)16(15)11-12(16)4/h12H,6-11H2,1-5H3/t12-,14+,15?,16+/m0/s1. The van der Waals surface area contributed by atoms with E-state index in [4.69, 9.17) is 4.74 Å². The van der Waals surface area contributed by atoms with E-state index in [1.54, 1.807) is 0 Å². The van der Waals surface area contributed by atoms with Crippen molar-refractivity contribution >= 4 is 5.97 Å². The molecule has 0 N–H and O–H groups in total. The number of rotatable bonds is 6. The van der Waals surface area contributed by atoms with Crippen LogP contribution in [0.4, 0.5) is 0 Å². The van der Waals surface area contributed by atoms with Crippen molar-refractivity contribution < 1.29 is 9.53 Å². The fourth-order valence-electron chi connectivity index (χ4n) is 5.23. The smallest absolute Gasteiger partial charge is 0.312 e. The van der Waals surface area contributed by atoms with Crippen LogP contribution in [0, 0.1) is 22.2 Å². The van der Waals surface area contributed by atoms with Crippen molar-refractivity contribution in [1.82, 2.24) is 0 Å². The molecule has 4 atom stereocenters. The Labute approximate surface area is 111 Å². The Bertz CT molecular complexity index is 351. The molecule has 2 nitrogen and oxygen atoms in total. The highest BCUT2D eigenvalue weighted by molar-refractivity contribution is 5.85. The third kappa shape index (κ3) is 1.27. The first kappa shape index (κ1) is 13.9. The van der Waals surface area contributed by atoms with Crippen LogP contribution in [0.25, 0.3) is 0 Å². The predicted molar refractivity (Wildman–Crippen MR) is 73.2 cm³/mol. The summed E-state index contributed by atoms with van der Waals surface area (Å²) in [6.07, 6.45) is 5.98. The molecule has 0 aromatic heterocycles. The molecule has 0 aliphatic heterocycles. The lowest BCUT2D eigenvalue weighted by molar-refractivity contribution is -0.151. The molecule has 18 heavy (non-hydrogen) atoms. The van der Waals surface area contributed by atoms with E-state index in [0.717, 1.165) is 6.42 Å². The summed E-state index contributed by atoms with van der Waals surface area (Å²) in [6.45, 7) is 11.4. The zero-order valence-electron chi connectivity index (χ0n) is 12.6. The largest absolute Gasteiger partial charge is 0.466 e. The van der Waals surface area contributed by atoms with Gasteiger partial charge in [0.25, 0.3) is 0 Å². The molecule has 0 heterocycles. The second-order valence-corrected chi connectivity index (χ2v) is 6.46. The van der Waals surface area contributed by atoms with Crippen LogP contribution >= 0.6 is 0 Å². The van der Waals surface area contributed by atoms with Gasteiger partial charge in [-0.3, -0.25) is 4.79 Å². The van der Waals surface area contributed by atoms with Crippen molar-refractivity contribution in [2.75, 3.05) is 6.61 Å². The summed E-state index contributed by atoms with van der Waals surface area (Å²) in [5.41, 5.74) is 0.289. The number of hydrogen-bond acceptors (Lipinski definition) is 2. The third-order valence-electron chi connectivity index (χ3n) is 6.19. The van der Waals surface area contributed by atoms with Gasteiger partial charge in [-0.05, 0) is 49.9 Å². The number of hydrogen-bond donors (Lipinski definition) is 0. The molecule has 0 saturated heterocycles. The Morgan fingerprint density at radius 2 is 1.94 bits per heavy atom. The van der Waals surface area contributed by atoms with Crippen LogP contribution in [0.3, 0.4) is 0 Å².